The second-order valence-electron chi connectivity index (χ2n) is 7.85. The SMILES string of the molecule is CN(C)CCCN=CC(=CN)c1cnc2ccc(NC(=O)NC3CCCC3)nc2c1. The molecule has 30 heavy (non-hydrogen) atoms. The first-order valence-corrected chi connectivity index (χ1v) is 10.5. The summed E-state index contributed by atoms with van der Waals surface area (Å²) in [5.41, 5.74) is 8.87. The third kappa shape index (κ3) is 6.25. The molecule has 0 aliphatic heterocycles. The van der Waals surface area contributed by atoms with E-state index in [0.717, 1.165) is 49.0 Å². The highest BCUT2D eigenvalue weighted by Gasteiger charge is 2.17. The van der Waals surface area contributed by atoms with Crippen LogP contribution in [0.1, 0.15) is 37.7 Å². The smallest absolute Gasteiger partial charge is 0.320 e. The summed E-state index contributed by atoms with van der Waals surface area (Å²) in [6, 6.07) is 5.55. The summed E-state index contributed by atoms with van der Waals surface area (Å²) in [6.45, 7) is 1.73. The number of aromatic nitrogens is 2. The molecular weight excluding hydrogens is 378 g/mol. The first-order valence-electron chi connectivity index (χ1n) is 10.5. The molecule has 2 aromatic rings. The van der Waals surface area contributed by atoms with Gasteiger partial charge in [-0.3, -0.25) is 15.3 Å². The van der Waals surface area contributed by atoms with Gasteiger partial charge in [0, 0.05) is 42.3 Å². The third-order valence-electron chi connectivity index (χ3n) is 5.11. The Kier molecular flexibility index (Phi) is 7.73. The van der Waals surface area contributed by atoms with Crippen LogP contribution in [0.4, 0.5) is 10.6 Å². The highest BCUT2D eigenvalue weighted by atomic mass is 16.2. The molecule has 0 unspecified atom stereocenters. The normalized spacial score (nSPS) is 15.4. The summed E-state index contributed by atoms with van der Waals surface area (Å²) in [6.07, 6.45) is 10.5. The Morgan fingerprint density at radius 2 is 2.10 bits per heavy atom. The Morgan fingerprint density at radius 1 is 1.30 bits per heavy atom. The van der Waals surface area contributed by atoms with Gasteiger partial charge in [0.1, 0.15) is 5.82 Å². The van der Waals surface area contributed by atoms with E-state index < -0.39 is 0 Å². The highest BCUT2D eigenvalue weighted by Crippen LogP contribution is 2.20. The van der Waals surface area contributed by atoms with Crippen molar-refractivity contribution in [2.24, 2.45) is 10.7 Å². The van der Waals surface area contributed by atoms with Gasteiger partial charge < -0.3 is 16.0 Å². The number of anilines is 1. The molecule has 0 atom stereocenters. The van der Waals surface area contributed by atoms with Gasteiger partial charge in [0.05, 0.1) is 11.0 Å². The Balaban J connectivity index is 1.67. The van der Waals surface area contributed by atoms with E-state index in [-0.39, 0.29) is 12.1 Å². The van der Waals surface area contributed by atoms with Crippen LogP contribution in [0.2, 0.25) is 0 Å². The Labute approximate surface area is 177 Å². The van der Waals surface area contributed by atoms with Crippen LogP contribution in [0.3, 0.4) is 0 Å². The molecule has 0 spiro atoms. The lowest BCUT2D eigenvalue weighted by Gasteiger charge is -2.12. The molecule has 1 aliphatic rings. The molecule has 2 aromatic heterocycles. The van der Waals surface area contributed by atoms with Crippen molar-refractivity contribution in [2.45, 2.75) is 38.1 Å². The van der Waals surface area contributed by atoms with Crippen molar-refractivity contribution in [3.8, 4) is 0 Å². The van der Waals surface area contributed by atoms with Crippen LogP contribution in [0.15, 0.2) is 35.6 Å². The fourth-order valence-electron chi connectivity index (χ4n) is 3.50. The average Bonchev–Trinajstić information content (AvgIpc) is 3.23. The van der Waals surface area contributed by atoms with E-state index in [0.29, 0.717) is 11.3 Å². The van der Waals surface area contributed by atoms with Crippen molar-refractivity contribution in [3.63, 3.8) is 0 Å². The quantitative estimate of drug-likeness (QED) is 0.459. The van der Waals surface area contributed by atoms with Gasteiger partial charge in [0.2, 0.25) is 0 Å². The third-order valence-corrected chi connectivity index (χ3v) is 5.11. The van der Waals surface area contributed by atoms with E-state index in [9.17, 15) is 4.79 Å². The largest absolute Gasteiger partial charge is 0.404 e. The number of urea groups is 1. The number of rotatable bonds is 8. The predicted octanol–water partition coefficient (Wildman–Crippen LogP) is 3.02. The van der Waals surface area contributed by atoms with Crippen molar-refractivity contribution in [1.29, 1.82) is 0 Å². The number of nitrogens with one attached hydrogen (secondary N) is 2. The van der Waals surface area contributed by atoms with Gasteiger partial charge in [-0.1, -0.05) is 12.8 Å². The van der Waals surface area contributed by atoms with E-state index in [2.05, 4.69) is 30.5 Å². The summed E-state index contributed by atoms with van der Waals surface area (Å²) in [7, 11) is 4.09. The predicted molar refractivity (Wildman–Crippen MR) is 123 cm³/mol. The number of hydrogen-bond donors (Lipinski definition) is 3. The summed E-state index contributed by atoms with van der Waals surface area (Å²) >= 11 is 0. The maximum atomic E-state index is 12.2. The van der Waals surface area contributed by atoms with Crippen molar-refractivity contribution >= 4 is 34.7 Å². The topological polar surface area (TPSA) is 109 Å². The van der Waals surface area contributed by atoms with Gasteiger partial charge in [-0.25, -0.2) is 9.78 Å². The molecule has 1 aliphatic carbocycles. The number of allylic oxidation sites excluding steroid dienone is 1. The number of carbonyl (C=O) groups excluding carboxylic acids is 1. The van der Waals surface area contributed by atoms with E-state index >= 15 is 0 Å². The molecule has 1 saturated carbocycles. The molecule has 2 amide bonds. The summed E-state index contributed by atoms with van der Waals surface area (Å²) in [5.74, 6) is 0.493. The molecule has 8 nitrogen and oxygen atoms in total. The minimum absolute atomic E-state index is 0.217. The first-order chi connectivity index (χ1) is 14.5. The number of nitrogens with two attached hydrogens (primary N) is 1. The van der Waals surface area contributed by atoms with Crippen LogP contribution in [-0.4, -0.2) is 60.3 Å². The van der Waals surface area contributed by atoms with Gasteiger partial charge >= 0.3 is 6.03 Å². The summed E-state index contributed by atoms with van der Waals surface area (Å²) < 4.78 is 0. The van der Waals surface area contributed by atoms with Crippen LogP contribution in [-0.2, 0) is 0 Å². The van der Waals surface area contributed by atoms with Crippen LogP contribution >= 0.6 is 0 Å². The molecular formula is C22H31N7O. The Bertz CT molecular complexity index is 917. The molecule has 3 rings (SSSR count). The second kappa shape index (κ2) is 10.7. The minimum Gasteiger partial charge on any atom is -0.404 e. The van der Waals surface area contributed by atoms with Gasteiger partial charge in [-0.15, -0.1) is 0 Å². The number of carbonyl (C=O) groups is 1. The molecule has 2 heterocycles. The summed E-state index contributed by atoms with van der Waals surface area (Å²) in [5, 5.41) is 5.83. The zero-order valence-electron chi connectivity index (χ0n) is 17.8. The van der Waals surface area contributed by atoms with Gasteiger partial charge in [0.25, 0.3) is 0 Å². The maximum absolute atomic E-state index is 12.2. The monoisotopic (exact) mass is 409 g/mol. The van der Waals surface area contributed by atoms with Crippen molar-refractivity contribution < 1.29 is 4.79 Å². The van der Waals surface area contributed by atoms with Crippen molar-refractivity contribution in [1.82, 2.24) is 20.2 Å². The average molecular weight is 410 g/mol. The fourth-order valence-corrected chi connectivity index (χ4v) is 3.50. The molecule has 4 N–H and O–H groups in total. The molecule has 0 bridgehead atoms. The Morgan fingerprint density at radius 3 is 2.83 bits per heavy atom. The van der Waals surface area contributed by atoms with Crippen LogP contribution in [0, 0.1) is 0 Å². The van der Waals surface area contributed by atoms with Crippen LogP contribution in [0.25, 0.3) is 16.6 Å². The van der Waals surface area contributed by atoms with Gasteiger partial charge in [-0.05, 0) is 58.1 Å². The number of hydrogen-bond acceptors (Lipinski definition) is 6. The first kappa shape index (κ1) is 21.7. The van der Waals surface area contributed by atoms with Gasteiger partial charge in [-0.2, -0.15) is 0 Å². The number of pyridine rings is 2. The molecule has 160 valence electrons. The molecule has 0 saturated heterocycles. The van der Waals surface area contributed by atoms with Crippen molar-refractivity contribution in [2.75, 3.05) is 32.5 Å². The maximum Gasteiger partial charge on any atom is 0.320 e. The van der Waals surface area contributed by atoms with Crippen LogP contribution in [0.5, 0.6) is 0 Å². The second-order valence-corrected chi connectivity index (χ2v) is 7.85. The number of nitrogens with zero attached hydrogens (tertiary/aromatic N) is 4. The van der Waals surface area contributed by atoms with E-state index in [4.69, 9.17) is 5.73 Å². The van der Waals surface area contributed by atoms with Crippen molar-refractivity contribution in [3.05, 3.63) is 36.2 Å². The van der Waals surface area contributed by atoms with E-state index in [1.165, 1.54) is 19.0 Å². The standard InChI is InChI=1S/C22H31N7O/c1-29(2)11-5-10-24-14-17(13-23)16-12-20-19(25-15-16)8-9-21(27-20)28-22(30)26-18-6-3-4-7-18/h8-9,12-15,18H,3-7,10-11,23H2,1-2H3,(H2,26,27,28,30). The minimum atomic E-state index is -0.217. The molecule has 0 radical (unpaired) electrons. The molecule has 0 aromatic carbocycles. The zero-order valence-corrected chi connectivity index (χ0v) is 17.8. The number of amides is 2. The fraction of sp³-hybridized carbons (Fsp3) is 0.455. The van der Waals surface area contributed by atoms with E-state index in [1.807, 2.05) is 26.2 Å². The molecule has 8 heteroatoms. The lowest BCUT2D eigenvalue weighted by Crippen LogP contribution is -2.36. The lowest BCUT2D eigenvalue weighted by molar-refractivity contribution is 0.248. The lowest BCUT2D eigenvalue weighted by atomic mass is 10.1. The zero-order chi connectivity index (χ0) is 21.3. The summed E-state index contributed by atoms with van der Waals surface area (Å²) in [4.78, 5) is 27.8. The van der Waals surface area contributed by atoms with E-state index in [1.54, 1.807) is 18.5 Å². The number of aliphatic imine (C=N–C) groups is 1. The Hall–Kier alpha value is -3.00. The number of fused-ring (bicyclic) bond motifs is 1. The van der Waals surface area contributed by atoms with Crippen LogP contribution < -0.4 is 16.4 Å². The highest BCUT2D eigenvalue weighted by molar-refractivity contribution is 6.10. The molecule has 1 fully saturated rings. The van der Waals surface area contributed by atoms with Gasteiger partial charge in [0.15, 0.2) is 0 Å².